The third-order valence-corrected chi connectivity index (χ3v) is 5.74. The highest BCUT2D eigenvalue weighted by Gasteiger charge is 2.47. The van der Waals surface area contributed by atoms with Gasteiger partial charge in [0.25, 0.3) is 5.91 Å². The zero-order valence-electron chi connectivity index (χ0n) is 15.8. The summed E-state index contributed by atoms with van der Waals surface area (Å²) in [5, 5.41) is 5.65. The number of nitrogens with two attached hydrogens (primary N) is 1. The summed E-state index contributed by atoms with van der Waals surface area (Å²) in [6.45, 7) is 2.81. The Morgan fingerprint density at radius 2 is 1.96 bits per heavy atom. The lowest BCUT2D eigenvalue weighted by atomic mass is 9.96. The minimum Gasteiger partial charge on any atom is -0.492 e. The number of hydrogen-bond acceptors (Lipinski definition) is 3. The van der Waals surface area contributed by atoms with E-state index >= 15 is 0 Å². The molecule has 0 bridgehead atoms. The maximum Gasteiger partial charge on any atom is 0.252 e. The minimum atomic E-state index is -0.318. The van der Waals surface area contributed by atoms with Crippen LogP contribution < -0.4 is 15.8 Å². The van der Waals surface area contributed by atoms with Gasteiger partial charge >= 0.3 is 0 Å². The first kappa shape index (κ1) is 19.0. The van der Waals surface area contributed by atoms with Crippen molar-refractivity contribution in [3.05, 3.63) is 75.8 Å². The number of amides is 1. The largest absolute Gasteiger partial charge is 0.492 e. The molecule has 0 atom stereocenters. The Morgan fingerprint density at radius 1 is 1.18 bits per heavy atom. The average Bonchev–Trinajstić information content (AvgIpc) is 3.47. The number of aryl methyl sites for hydroxylation is 1. The van der Waals surface area contributed by atoms with Crippen molar-refractivity contribution in [1.29, 1.82) is 0 Å². The predicted molar refractivity (Wildman–Crippen MR) is 116 cm³/mol. The fourth-order valence-corrected chi connectivity index (χ4v) is 4.13. The van der Waals surface area contributed by atoms with E-state index < -0.39 is 0 Å². The number of ether oxygens (including phenoxy) is 1. The smallest absolute Gasteiger partial charge is 0.252 e. The molecule has 0 heterocycles. The van der Waals surface area contributed by atoms with Crippen LogP contribution in [0.15, 0.2) is 59.1 Å². The van der Waals surface area contributed by atoms with E-state index in [-0.39, 0.29) is 11.4 Å². The second-order valence-electron chi connectivity index (χ2n) is 7.32. The van der Waals surface area contributed by atoms with Gasteiger partial charge in [-0.05, 0) is 65.9 Å². The summed E-state index contributed by atoms with van der Waals surface area (Å²) in [5.74, 6) is 0.594. The van der Waals surface area contributed by atoms with Gasteiger partial charge in [-0.25, -0.2) is 0 Å². The van der Waals surface area contributed by atoms with Crippen LogP contribution in [0.2, 0.25) is 0 Å². The number of rotatable bonds is 6. The van der Waals surface area contributed by atoms with E-state index in [0.29, 0.717) is 24.5 Å². The molecule has 1 aliphatic rings. The quantitative estimate of drug-likeness (QED) is 0.587. The number of carbonyl (C=O) groups is 1. The fourth-order valence-electron chi connectivity index (χ4n) is 3.65. The molecule has 0 spiro atoms. The van der Waals surface area contributed by atoms with Gasteiger partial charge in [0.05, 0.1) is 5.54 Å². The highest BCUT2D eigenvalue weighted by atomic mass is 79.9. The predicted octanol–water partition coefficient (Wildman–Crippen LogP) is 4.67. The molecule has 1 fully saturated rings. The second kappa shape index (κ2) is 7.57. The number of carbonyl (C=O) groups excluding carboxylic acids is 1. The molecule has 4 rings (SSSR count). The molecular weight excluding hydrogens is 416 g/mol. The van der Waals surface area contributed by atoms with Gasteiger partial charge in [0.15, 0.2) is 0 Å². The van der Waals surface area contributed by atoms with Gasteiger partial charge < -0.3 is 15.8 Å². The van der Waals surface area contributed by atoms with Gasteiger partial charge in [-0.15, -0.1) is 0 Å². The van der Waals surface area contributed by atoms with Crippen molar-refractivity contribution in [3.63, 3.8) is 0 Å². The van der Waals surface area contributed by atoms with Gasteiger partial charge in [-0.3, -0.25) is 4.79 Å². The van der Waals surface area contributed by atoms with E-state index in [1.807, 2.05) is 31.2 Å². The molecule has 3 aromatic carbocycles. The normalized spacial score (nSPS) is 14.7. The molecule has 1 saturated carbocycles. The number of fused-ring (bicyclic) bond motifs is 1. The van der Waals surface area contributed by atoms with Crippen molar-refractivity contribution >= 4 is 32.6 Å². The van der Waals surface area contributed by atoms with Gasteiger partial charge in [-0.2, -0.15) is 0 Å². The molecule has 3 aromatic rings. The van der Waals surface area contributed by atoms with E-state index in [2.05, 4.69) is 45.5 Å². The van der Waals surface area contributed by atoms with Crippen LogP contribution in [-0.4, -0.2) is 19.1 Å². The van der Waals surface area contributed by atoms with Crippen molar-refractivity contribution in [3.8, 4) is 5.75 Å². The van der Waals surface area contributed by atoms with E-state index in [9.17, 15) is 4.79 Å². The van der Waals surface area contributed by atoms with Crippen molar-refractivity contribution in [2.75, 3.05) is 13.2 Å². The molecule has 4 nitrogen and oxygen atoms in total. The average molecular weight is 439 g/mol. The van der Waals surface area contributed by atoms with Crippen molar-refractivity contribution < 1.29 is 9.53 Å². The molecule has 3 N–H and O–H groups in total. The standard InChI is InChI=1S/C23H23BrN2O2/c1-15-6-7-18(28-11-10-25)14-20(15)22(27)26-23(8-9-23)21-13-17(24)12-16-4-2-3-5-19(16)21/h2-7,12-14H,8-11,25H2,1H3,(H,26,27). The minimum absolute atomic E-state index is 0.0720. The van der Waals surface area contributed by atoms with E-state index in [0.717, 1.165) is 22.9 Å². The lowest BCUT2D eigenvalue weighted by Crippen LogP contribution is -2.35. The summed E-state index contributed by atoms with van der Waals surface area (Å²) >= 11 is 3.62. The monoisotopic (exact) mass is 438 g/mol. The molecule has 144 valence electrons. The molecule has 0 unspecified atom stereocenters. The first-order valence-electron chi connectivity index (χ1n) is 9.47. The summed E-state index contributed by atoms with van der Waals surface area (Å²) in [4.78, 5) is 13.1. The highest BCUT2D eigenvalue weighted by molar-refractivity contribution is 9.10. The Labute approximate surface area is 173 Å². The first-order chi connectivity index (χ1) is 13.5. The number of benzene rings is 3. The Kier molecular flexibility index (Phi) is 5.13. The Hall–Kier alpha value is -2.37. The van der Waals surface area contributed by atoms with Gasteiger partial charge in [0, 0.05) is 16.6 Å². The van der Waals surface area contributed by atoms with E-state index in [1.54, 1.807) is 6.07 Å². The molecule has 0 aromatic heterocycles. The van der Waals surface area contributed by atoms with Crippen LogP contribution in [0.5, 0.6) is 5.75 Å². The van der Waals surface area contributed by atoms with Crippen LogP contribution in [0, 0.1) is 6.92 Å². The summed E-state index contributed by atoms with van der Waals surface area (Å²) in [5.41, 5.74) is 7.92. The molecule has 0 radical (unpaired) electrons. The van der Waals surface area contributed by atoms with Crippen LogP contribution in [0.25, 0.3) is 10.8 Å². The van der Waals surface area contributed by atoms with Gasteiger partial charge in [-0.1, -0.05) is 46.3 Å². The van der Waals surface area contributed by atoms with Gasteiger partial charge in [0.2, 0.25) is 0 Å². The summed E-state index contributed by atoms with van der Waals surface area (Å²) in [6.07, 6.45) is 1.86. The Bertz CT molecular complexity index is 1040. The summed E-state index contributed by atoms with van der Waals surface area (Å²) in [7, 11) is 0. The van der Waals surface area contributed by atoms with Crippen molar-refractivity contribution in [1.82, 2.24) is 5.32 Å². The fraction of sp³-hybridized carbons (Fsp3) is 0.261. The number of halogens is 1. The molecule has 28 heavy (non-hydrogen) atoms. The lowest BCUT2D eigenvalue weighted by Gasteiger charge is -2.21. The van der Waals surface area contributed by atoms with Crippen LogP contribution >= 0.6 is 15.9 Å². The first-order valence-corrected chi connectivity index (χ1v) is 10.3. The third-order valence-electron chi connectivity index (χ3n) is 5.29. The molecular formula is C23H23BrN2O2. The molecule has 5 heteroatoms. The zero-order chi connectivity index (χ0) is 19.7. The van der Waals surface area contributed by atoms with Crippen molar-refractivity contribution in [2.45, 2.75) is 25.3 Å². The number of nitrogens with one attached hydrogen (secondary N) is 1. The van der Waals surface area contributed by atoms with E-state index in [1.165, 1.54) is 16.3 Å². The highest BCUT2D eigenvalue weighted by Crippen LogP contribution is 2.49. The molecule has 1 aliphatic carbocycles. The molecule has 0 aliphatic heterocycles. The van der Waals surface area contributed by atoms with Gasteiger partial charge in [0.1, 0.15) is 12.4 Å². The van der Waals surface area contributed by atoms with Crippen LogP contribution in [0.1, 0.15) is 34.3 Å². The Morgan fingerprint density at radius 3 is 2.71 bits per heavy atom. The van der Waals surface area contributed by atoms with Crippen LogP contribution in [-0.2, 0) is 5.54 Å². The second-order valence-corrected chi connectivity index (χ2v) is 8.24. The van der Waals surface area contributed by atoms with Crippen LogP contribution in [0.4, 0.5) is 0 Å². The molecule has 0 saturated heterocycles. The van der Waals surface area contributed by atoms with E-state index in [4.69, 9.17) is 10.5 Å². The topological polar surface area (TPSA) is 64.3 Å². The van der Waals surface area contributed by atoms with Crippen LogP contribution in [0.3, 0.4) is 0 Å². The third kappa shape index (κ3) is 3.64. The maximum atomic E-state index is 13.1. The summed E-state index contributed by atoms with van der Waals surface area (Å²) < 4.78 is 6.62. The summed E-state index contributed by atoms with van der Waals surface area (Å²) in [6, 6.07) is 18.1. The molecule has 1 amide bonds. The Balaban J connectivity index is 1.66. The number of hydrogen-bond donors (Lipinski definition) is 2. The maximum absolute atomic E-state index is 13.1. The SMILES string of the molecule is Cc1ccc(OCCN)cc1C(=O)NC1(c2cc(Br)cc3ccccc23)CC1. The van der Waals surface area contributed by atoms with Crippen molar-refractivity contribution in [2.24, 2.45) is 5.73 Å². The zero-order valence-corrected chi connectivity index (χ0v) is 17.4. The lowest BCUT2D eigenvalue weighted by molar-refractivity contribution is 0.0930.